The molecule has 3 N–H and O–H groups in total. The fourth-order valence-corrected chi connectivity index (χ4v) is 4.82. The molecule has 0 saturated carbocycles. The van der Waals surface area contributed by atoms with E-state index in [9.17, 15) is 9.59 Å². The number of fused-ring (bicyclic) bond motifs is 1. The summed E-state index contributed by atoms with van der Waals surface area (Å²) in [7, 11) is 2.94. The van der Waals surface area contributed by atoms with Crippen molar-refractivity contribution in [1.29, 1.82) is 0 Å². The molecule has 2 aromatic heterocycles. The minimum absolute atomic E-state index is 0.235. The van der Waals surface area contributed by atoms with E-state index in [1.807, 2.05) is 6.92 Å². The van der Waals surface area contributed by atoms with E-state index >= 15 is 0 Å². The van der Waals surface area contributed by atoms with Gasteiger partial charge in [-0.15, -0.1) is 11.3 Å². The zero-order chi connectivity index (χ0) is 21.7. The van der Waals surface area contributed by atoms with Gasteiger partial charge in [0.15, 0.2) is 10.8 Å². The molecule has 0 atom stereocenters. The van der Waals surface area contributed by atoms with E-state index < -0.39 is 0 Å². The SMILES string of the molecule is CCn1cc(NC(=S)Nc2sc3c(c2C(=O)OC)CCC3)c(C(=O)NCCOC)n1. The number of thiophene rings is 1. The average molecular weight is 452 g/mol. The first-order chi connectivity index (χ1) is 14.5. The summed E-state index contributed by atoms with van der Waals surface area (Å²) in [4.78, 5) is 26.0. The van der Waals surface area contributed by atoms with Crippen LogP contribution in [0, 0.1) is 0 Å². The van der Waals surface area contributed by atoms with Crippen LogP contribution in [0.1, 0.15) is 44.6 Å². The molecule has 30 heavy (non-hydrogen) atoms. The second-order valence-corrected chi connectivity index (χ2v) is 8.14. The van der Waals surface area contributed by atoms with Gasteiger partial charge in [0.2, 0.25) is 0 Å². The molecule has 0 bridgehead atoms. The molecular formula is C19H25N5O4S2. The number of ether oxygens (including phenoxy) is 2. The van der Waals surface area contributed by atoms with Gasteiger partial charge in [-0.25, -0.2) is 4.79 Å². The van der Waals surface area contributed by atoms with Crippen LogP contribution >= 0.6 is 23.6 Å². The van der Waals surface area contributed by atoms with Crippen LogP contribution in [0.3, 0.4) is 0 Å². The smallest absolute Gasteiger partial charge is 0.341 e. The molecule has 1 amide bonds. The molecule has 1 aliphatic carbocycles. The van der Waals surface area contributed by atoms with Crippen molar-refractivity contribution in [3.05, 3.63) is 27.9 Å². The fraction of sp³-hybridized carbons (Fsp3) is 0.474. The highest BCUT2D eigenvalue weighted by atomic mass is 32.1. The maximum absolute atomic E-state index is 12.5. The predicted octanol–water partition coefficient (Wildman–Crippen LogP) is 2.42. The minimum atomic E-state index is -0.378. The third-order valence-corrected chi connectivity index (χ3v) is 6.09. The average Bonchev–Trinajstić information content (AvgIpc) is 3.42. The molecule has 0 unspecified atom stereocenters. The molecule has 1 aliphatic rings. The number of rotatable bonds is 8. The Morgan fingerprint density at radius 3 is 2.80 bits per heavy atom. The fourth-order valence-electron chi connectivity index (χ4n) is 3.26. The zero-order valence-corrected chi connectivity index (χ0v) is 18.8. The molecule has 0 aromatic carbocycles. The van der Waals surface area contributed by atoms with Gasteiger partial charge in [-0.2, -0.15) is 5.10 Å². The molecule has 11 heteroatoms. The van der Waals surface area contributed by atoms with Crippen molar-refractivity contribution in [1.82, 2.24) is 15.1 Å². The van der Waals surface area contributed by atoms with Gasteiger partial charge in [0, 0.05) is 31.3 Å². The molecule has 2 heterocycles. The van der Waals surface area contributed by atoms with E-state index in [0.717, 1.165) is 24.8 Å². The Kier molecular flexibility index (Phi) is 7.40. The van der Waals surface area contributed by atoms with E-state index in [0.29, 0.717) is 35.9 Å². The molecule has 9 nitrogen and oxygen atoms in total. The first-order valence-electron chi connectivity index (χ1n) is 9.63. The van der Waals surface area contributed by atoms with Crippen LogP contribution in [0.4, 0.5) is 10.7 Å². The summed E-state index contributed by atoms with van der Waals surface area (Å²) in [5, 5.41) is 14.1. The second-order valence-electron chi connectivity index (χ2n) is 6.63. The van der Waals surface area contributed by atoms with Gasteiger partial charge in [-0.3, -0.25) is 9.48 Å². The number of aromatic nitrogens is 2. The summed E-state index contributed by atoms with van der Waals surface area (Å²) in [6.45, 7) is 3.31. The first kappa shape index (κ1) is 22.2. The van der Waals surface area contributed by atoms with E-state index in [-0.39, 0.29) is 22.7 Å². The Hall–Kier alpha value is -2.50. The standard InChI is InChI=1S/C19H25N5O4S2/c1-4-24-10-12(15(23-24)16(25)20-8-9-27-2)21-19(29)22-17-14(18(26)28-3)11-6-5-7-13(11)30-17/h10H,4-9H2,1-3H3,(H,20,25)(H2,21,22,29). The van der Waals surface area contributed by atoms with Crippen molar-refractivity contribution in [2.45, 2.75) is 32.7 Å². The monoisotopic (exact) mass is 451 g/mol. The molecule has 0 fully saturated rings. The number of hydrogen-bond donors (Lipinski definition) is 3. The van der Waals surface area contributed by atoms with Crippen molar-refractivity contribution in [3.8, 4) is 0 Å². The van der Waals surface area contributed by atoms with Crippen molar-refractivity contribution < 1.29 is 19.1 Å². The largest absolute Gasteiger partial charge is 0.465 e. The summed E-state index contributed by atoms with van der Waals surface area (Å²) < 4.78 is 11.6. The van der Waals surface area contributed by atoms with Crippen LogP contribution < -0.4 is 16.0 Å². The number of methoxy groups -OCH3 is 2. The van der Waals surface area contributed by atoms with Gasteiger partial charge in [0.05, 0.1) is 25.0 Å². The summed E-state index contributed by atoms with van der Waals surface area (Å²) in [6, 6.07) is 0. The van der Waals surface area contributed by atoms with Gasteiger partial charge in [-0.1, -0.05) is 0 Å². The Bertz CT molecular complexity index is 953. The molecule has 162 valence electrons. The highest BCUT2D eigenvalue weighted by molar-refractivity contribution is 7.80. The van der Waals surface area contributed by atoms with Crippen molar-refractivity contribution in [3.63, 3.8) is 0 Å². The van der Waals surface area contributed by atoms with E-state index in [1.165, 1.54) is 23.3 Å². The molecular weight excluding hydrogens is 426 g/mol. The molecule has 0 radical (unpaired) electrons. The van der Waals surface area contributed by atoms with E-state index in [1.54, 1.807) is 18.0 Å². The van der Waals surface area contributed by atoms with Crippen molar-refractivity contribution in [2.75, 3.05) is 38.0 Å². The summed E-state index contributed by atoms with van der Waals surface area (Å²) in [5.41, 5.74) is 2.29. The number of carbonyl (C=O) groups is 2. The molecule has 2 aromatic rings. The molecule has 0 saturated heterocycles. The molecule has 3 rings (SSSR count). The lowest BCUT2D eigenvalue weighted by Crippen LogP contribution is -2.29. The number of carbonyl (C=O) groups excluding carboxylic acids is 2. The van der Waals surface area contributed by atoms with Gasteiger partial charge in [0.25, 0.3) is 5.91 Å². The van der Waals surface area contributed by atoms with Crippen LogP contribution in [0.2, 0.25) is 0 Å². The Morgan fingerprint density at radius 2 is 2.10 bits per heavy atom. The Labute approximate surface area is 184 Å². The number of anilines is 2. The lowest BCUT2D eigenvalue weighted by Gasteiger charge is -2.11. The summed E-state index contributed by atoms with van der Waals surface area (Å²) >= 11 is 6.96. The van der Waals surface area contributed by atoms with Crippen LogP contribution in [0.15, 0.2) is 6.20 Å². The molecule has 0 aliphatic heterocycles. The molecule has 0 spiro atoms. The lowest BCUT2D eigenvalue weighted by atomic mass is 10.1. The Morgan fingerprint density at radius 1 is 1.30 bits per heavy atom. The van der Waals surface area contributed by atoms with Gasteiger partial charge < -0.3 is 25.4 Å². The van der Waals surface area contributed by atoms with Crippen LogP contribution in [0.5, 0.6) is 0 Å². The summed E-state index contributed by atoms with van der Waals surface area (Å²) in [6.07, 6.45) is 4.55. The second kappa shape index (κ2) is 10.0. The minimum Gasteiger partial charge on any atom is -0.465 e. The van der Waals surface area contributed by atoms with Gasteiger partial charge in [-0.05, 0) is 44.0 Å². The predicted molar refractivity (Wildman–Crippen MR) is 120 cm³/mol. The van der Waals surface area contributed by atoms with Crippen molar-refractivity contribution >= 4 is 51.2 Å². The third kappa shape index (κ3) is 4.79. The maximum atomic E-state index is 12.5. The van der Waals surface area contributed by atoms with E-state index in [2.05, 4.69) is 21.0 Å². The van der Waals surface area contributed by atoms with Crippen LogP contribution in [-0.4, -0.2) is 54.1 Å². The zero-order valence-electron chi connectivity index (χ0n) is 17.2. The highest BCUT2D eigenvalue weighted by Gasteiger charge is 2.28. The lowest BCUT2D eigenvalue weighted by molar-refractivity contribution is 0.0601. The van der Waals surface area contributed by atoms with Gasteiger partial charge >= 0.3 is 5.97 Å². The summed E-state index contributed by atoms with van der Waals surface area (Å²) in [5.74, 6) is -0.702. The quantitative estimate of drug-likeness (QED) is 0.319. The maximum Gasteiger partial charge on any atom is 0.341 e. The highest BCUT2D eigenvalue weighted by Crippen LogP contribution is 2.39. The number of thiocarbonyl (C=S) groups is 1. The third-order valence-electron chi connectivity index (χ3n) is 4.68. The Balaban J connectivity index is 1.76. The number of aryl methyl sites for hydroxylation is 2. The topological polar surface area (TPSA) is 107 Å². The normalized spacial score (nSPS) is 12.4. The number of nitrogens with zero attached hydrogens (tertiary/aromatic N) is 2. The van der Waals surface area contributed by atoms with E-state index in [4.69, 9.17) is 21.7 Å². The number of nitrogens with one attached hydrogen (secondary N) is 3. The number of amides is 1. The first-order valence-corrected chi connectivity index (χ1v) is 10.9. The number of esters is 1. The van der Waals surface area contributed by atoms with Crippen LogP contribution in [0.25, 0.3) is 0 Å². The van der Waals surface area contributed by atoms with Gasteiger partial charge in [0.1, 0.15) is 5.00 Å². The van der Waals surface area contributed by atoms with Crippen molar-refractivity contribution in [2.24, 2.45) is 0 Å². The number of hydrogen-bond acceptors (Lipinski definition) is 7. The van der Waals surface area contributed by atoms with Crippen LogP contribution in [-0.2, 0) is 28.9 Å².